The van der Waals surface area contributed by atoms with Crippen molar-refractivity contribution in [2.45, 2.75) is 64.1 Å². The minimum atomic E-state index is -0.173. The molecule has 0 spiro atoms. The molecule has 0 amide bonds. The maximum absolute atomic E-state index is 9.44. The third kappa shape index (κ3) is 3.82. The van der Waals surface area contributed by atoms with E-state index >= 15 is 0 Å². The molecule has 1 fully saturated rings. The lowest BCUT2D eigenvalue weighted by Gasteiger charge is -2.09. The Labute approximate surface area is 109 Å². The zero-order valence-corrected chi connectivity index (χ0v) is 11.3. The van der Waals surface area contributed by atoms with E-state index in [4.69, 9.17) is 0 Å². The van der Waals surface area contributed by atoms with E-state index in [0.29, 0.717) is 6.04 Å². The highest BCUT2D eigenvalue weighted by molar-refractivity contribution is 4.99. The van der Waals surface area contributed by atoms with Crippen molar-refractivity contribution in [3.63, 3.8) is 0 Å². The Kier molecular flexibility index (Phi) is 5.20. The van der Waals surface area contributed by atoms with E-state index in [2.05, 4.69) is 27.4 Å². The van der Waals surface area contributed by atoms with Crippen LogP contribution in [0.4, 0.5) is 0 Å². The molecular formula is C14H25N3O. The Morgan fingerprint density at radius 3 is 3.00 bits per heavy atom. The van der Waals surface area contributed by atoms with E-state index in [1.165, 1.54) is 25.7 Å². The summed E-state index contributed by atoms with van der Waals surface area (Å²) >= 11 is 0. The molecular weight excluding hydrogens is 226 g/mol. The zero-order chi connectivity index (χ0) is 12.8. The molecule has 4 heteroatoms. The maximum atomic E-state index is 9.44. The molecule has 1 aromatic rings. The van der Waals surface area contributed by atoms with E-state index in [1.807, 2.05) is 6.92 Å². The number of nitrogens with zero attached hydrogens (tertiary/aromatic N) is 2. The molecule has 0 aliphatic heterocycles. The van der Waals surface area contributed by atoms with Gasteiger partial charge in [-0.05, 0) is 38.3 Å². The Hall–Kier alpha value is -0.870. The van der Waals surface area contributed by atoms with Crippen molar-refractivity contribution >= 4 is 0 Å². The van der Waals surface area contributed by atoms with Gasteiger partial charge in [0, 0.05) is 12.7 Å². The molecule has 4 nitrogen and oxygen atoms in total. The number of hydrogen-bond acceptors (Lipinski definition) is 3. The van der Waals surface area contributed by atoms with E-state index < -0.39 is 0 Å². The fourth-order valence-electron chi connectivity index (χ4n) is 2.53. The van der Waals surface area contributed by atoms with Crippen LogP contribution in [0.3, 0.4) is 0 Å². The molecule has 1 saturated carbocycles. The predicted octanol–water partition coefficient (Wildman–Crippen LogP) is 2.25. The van der Waals surface area contributed by atoms with Crippen molar-refractivity contribution in [1.82, 2.24) is 15.1 Å². The van der Waals surface area contributed by atoms with Gasteiger partial charge in [-0.3, -0.25) is 4.68 Å². The fraction of sp³-hybridized carbons (Fsp3) is 0.786. The number of hydrogen-bond donors (Lipinski definition) is 2. The second kappa shape index (κ2) is 6.90. The first-order chi connectivity index (χ1) is 8.79. The van der Waals surface area contributed by atoms with Crippen LogP contribution in [0.1, 0.15) is 57.2 Å². The summed E-state index contributed by atoms with van der Waals surface area (Å²) in [5, 5.41) is 17.4. The Bertz CT molecular complexity index is 345. The number of aromatic nitrogens is 2. The topological polar surface area (TPSA) is 50.1 Å². The summed E-state index contributed by atoms with van der Waals surface area (Å²) < 4.78 is 2.13. The second-order valence-electron chi connectivity index (χ2n) is 5.25. The molecule has 0 radical (unpaired) electrons. The normalized spacial score (nSPS) is 18.3. The van der Waals surface area contributed by atoms with Crippen LogP contribution in [0.2, 0.25) is 0 Å². The minimum absolute atomic E-state index is 0.173. The van der Waals surface area contributed by atoms with Crippen LogP contribution in [-0.2, 0) is 6.54 Å². The molecule has 2 rings (SSSR count). The van der Waals surface area contributed by atoms with Crippen LogP contribution in [0.5, 0.6) is 0 Å². The lowest BCUT2D eigenvalue weighted by molar-refractivity contribution is 0.159. The molecule has 2 N–H and O–H groups in total. The first-order valence-corrected chi connectivity index (χ1v) is 7.22. The summed E-state index contributed by atoms with van der Waals surface area (Å²) in [5.74, 6) is 0. The molecule has 1 aliphatic rings. The van der Waals surface area contributed by atoms with Crippen LogP contribution in [0.15, 0.2) is 12.3 Å². The Morgan fingerprint density at radius 1 is 1.50 bits per heavy atom. The van der Waals surface area contributed by atoms with Gasteiger partial charge in [-0.25, -0.2) is 0 Å². The largest absolute Gasteiger partial charge is 0.393 e. The summed E-state index contributed by atoms with van der Waals surface area (Å²) in [4.78, 5) is 0. The molecule has 0 bridgehead atoms. The highest BCUT2D eigenvalue weighted by atomic mass is 16.3. The second-order valence-corrected chi connectivity index (χ2v) is 5.25. The average Bonchev–Trinajstić information content (AvgIpc) is 3.04. The SMILES string of the molecule is CCC(O)CCNCc1ccn(C2CCCC2)n1. The Morgan fingerprint density at radius 2 is 2.28 bits per heavy atom. The summed E-state index contributed by atoms with van der Waals surface area (Å²) in [5.41, 5.74) is 1.10. The summed E-state index contributed by atoms with van der Waals surface area (Å²) in [7, 11) is 0. The molecule has 0 aromatic carbocycles. The van der Waals surface area contributed by atoms with Gasteiger partial charge in [0.05, 0.1) is 17.8 Å². The summed E-state index contributed by atoms with van der Waals surface area (Å²) in [6.07, 6.45) is 8.81. The van der Waals surface area contributed by atoms with Gasteiger partial charge in [0.15, 0.2) is 0 Å². The molecule has 1 aromatic heterocycles. The zero-order valence-electron chi connectivity index (χ0n) is 11.3. The predicted molar refractivity (Wildman–Crippen MR) is 72.4 cm³/mol. The monoisotopic (exact) mass is 251 g/mol. The lowest BCUT2D eigenvalue weighted by atomic mass is 10.2. The molecule has 1 heterocycles. The number of aliphatic hydroxyl groups is 1. The fourth-order valence-corrected chi connectivity index (χ4v) is 2.53. The first-order valence-electron chi connectivity index (χ1n) is 7.22. The van der Waals surface area contributed by atoms with Gasteiger partial charge in [0.2, 0.25) is 0 Å². The maximum Gasteiger partial charge on any atom is 0.0762 e. The highest BCUT2D eigenvalue weighted by Crippen LogP contribution is 2.28. The number of aliphatic hydroxyl groups excluding tert-OH is 1. The van der Waals surface area contributed by atoms with E-state index in [0.717, 1.165) is 31.6 Å². The molecule has 102 valence electrons. The molecule has 18 heavy (non-hydrogen) atoms. The van der Waals surface area contributed by atoms with Crippen LogP contribution in [0, 0.1) is 0 Å². The first kappa shape index (κ1) is 13.6. The van der Waals surface area contributed by atoms with E-state index in [1.54, 1.807) is 0 Å². The van der Waals surface area contributed by atoms with Crippen LogP contribution < -0.4 is 5.32 Å². The quantitative estimate of drug-likeness (QED) is 0.731. The van der Waals surface area contributed by atoms with Gasteiger partial charge >= 0.3 is 0 Å². The van der Waals surface area contributed by atoms with Crippen molar-refractivity contribution in [2.24, 2.45) is 0 Å². The Balaban J connectivity index is 1.70. The smallest absolute Gasteiger partial charge is 0.0762 e. The lowest BCUT2D eigenvalue weighted by Crippen LogP contribution is -2.20. The molecule has 1 unspecified atom stereocenters. The third-order valence-corrected chi connectivity index (χ3v) is 3.79. The summed E-state index contributed by atoms with van der Waals surface area (Å²) in [6, 6.07) is 2.72. The molecule has 0 saturated heterocycles. The van der Waals surface area contributed by atoms with Crippen LogP contribution in [-0.4, -0.2) is 27.5 Å². The van der Waals surface area contributed by atoms with Crippen LogP contribution >= 0.6 is 0 Å². The third-order valence-electron chi connectivity index (χ3n) is 3.79. The molecule has 1 aliphatic carbocycles. The summed E-state index contributed by atoms with van der Waals surface area (Å²) in [6.45, 7) is 3.66. The van der Waals surface area contributed by atoms with Gasteiger partial charge in [0.1, 0.15) is 0 Å². The molecule has 1 atom stereocenters. The van der Waals surface area contributed by atoms with Gasteiger partial charge in [0.25, 0.3) is 0 Å². The number of nitrogens with one attached hydrogen (secondary N) is 1. The minimum Gasteiger partial charge on any atom is -0.393 e. The standard InChI is InChI=1S/C14H25N3O/c1-2-14(18)7-9-15-11-12-8-10-17(16-12)13-5-3-4-6-13/h8,10,13-15,18H,2-7,9,11H2,1H3. The van der Waals surface area contributed by atoms with Crippen molar-refractivity contribution in [1.29, 1.82) is 0 Å². The van der Waals surface area contributed by atoms with Crippen molar-refractivity contribution in [3.8, 4) is 0 Å². The van der Waals surface area contributed by atoms with E-state index in [9.17, 15) is 5.11 Å². The van der Waals surface area contributed by atoms with E-state index in [-0.39, 0.29) is 6.10 Å². The van der Waals surface area contributed by atoms with Crippen molar-refractivity contribution < 1.29 is 5.11 Å². The van der Waals surface area contributed by atoms with Crippen molar-refractivity contribution in [2.75, 3.05) is 6.54 Å². The van der Waals surface area contributed by atoms with Gasteiger partial charge < -0.3 is 10.4 Å². The highest BCUT2D eigenvalue weighted by Gasteiger charge is 2.17. The van der Waals surface area contributed by atoms with Gasteiger partial charge in [-0.2, -0.15) is 5.10 Å². The number of rotatable bonds is 7. The average molecular weight is 251 g/mol. The van der Waals surface area contributed by atoms with Gasteiger partial charge in [-0.15, -0.1) is 0 Å². The van der Waals surface area contributed by atoms with Crippen molar-refractivity contribution in [3.05, 3.63) is 18.0 Å². The van der Waals surface area contributed by atoms with Gasteiger partial charge in [-0.1, -0.05) is 19.8 Å². The van der Waals surface area contributed by atoms with Crippen LogP contribution in [0.25, 0.3) is 0 Å².